The van der Waals surface area contributed by atoms with Crippen molar-refractivity contribution in [2.75, 3.05) is 12.8 Å². The second-order valence-corrected chi connectivity index (χ2v) is 7.50. The van der Waals surface area contributed by atoms with E-state index in [9.17, 15) is 0 Å². The van der Waals surface area contributed by atoms with Gasteiger partial charge in [-0.2, -0.15) is 0 Å². The van der Waals surface area contributed by atoms with E-state index >= 15 is 0 Å². The average Bonchev–Trinajstić information content (AvgIpc) is 2.21. The molecule has 1 heterocycles. The summed E-state index contributed by atoms with van der Waals surface area (Å²) in [6, 6.07) is 0. The van der Waals surface area contributed by atoms with Crippen LogP contribution in [-0.4, -0.2) is 21.8 Å². The molecule has 0 radical (unpaired) electrons. The summed E-state index contributed by atoms with van der Waals surface area (Å²) < 4.78 is 6.19. The molecule has 0 saturated carbocycles. The summed E-state index contributed by atoms with van der Waals surface area (Å²) in [5.41, 5.74) is 6.73. The molecule has 0 aliphatic rings. The molecule has 1 aromatic rings. The fraction of sp³-hybridized carbons (Fsp3) is 0.636. The lowest BCUT2D eigenvalue weighted by molar-refractivity contribution is 0.180. The maximum Gasteiger partial charge on any atom is 0.141 e. The lowest BCUT2D eigenvalue weighted by Crippen LogP contribution is -2.11. The summed E-state index contributed by atoms with van der Waals surface area (Å²) in [5.74, 6) is 2.08. The summed E-state index contributed by atoms with van der Waals surface area (Å²) in [4.78, 5) is 8.78. The van der Waals surface area contributed by atoms with Crippen molar-refractivity contribution in [2.45, 2.75) is 37.9 Å². The van der Waals surface area contributed by atoms with E-state index in [2.05, 4.69) is 53.3 Å². The Hall–Kier alpha value is -0.0800. The van der Waals surface area contributed by atoms with E-state index in [1.54, 1.807) is 18.9 Å². The van der Waals surface area contributed by atoms with E-state index < -0.39 is 0 Å². The van der Waals surface area contributed by atoms with Gasteiger partial charge in [0.15, 0.2) is 0 Å². The fourth-order valence-corrected chi connectivity index (χ4v) is 2.23. The number of aromatic nitrogens is 2. The molecule has 2 N–H and O–H groups in total. The Kier molecular flexibility index (Phi) is 5.46. The Balaban J connectivity index is 2.86. The van der Waals surface area contributed by atoms with Gasteiger partial charge in [-0.3, -0.25) is 0 Å². The van der Waals surface area contributed by atoms with Gasteiger partial charge in [0.05, 0.1) is 21.6 Å². The van der Waals surface area contributed by atoms with Gasteiger partial charge in [-0.1, -0.05) is 20.8 Å². The molecular weight excluding hydrogens is 349 g/mol. The minimum Gasteiger partial charge on any atom is -0.383 e. The maximum absolute atomic E-state index is 5.87. The minimum atomic E-state index is 0.197. The van der Waals surface area contributed by atoms with Crippen LogP contribution in [0, 0.1) is 3.57 Å². The average molecular weight is 367 g/mol. The van der Waals surface area contributed by atoms with Gasteiger partial charge in [-0.25, -0.2) is 9.97 Å². The Morgan fingerprint density at radius 3 is 2.53 bits per heavy atom. The molecular formula is C11H18IN3OS. The van der Waals surface area contributed by atoms with Crippen LogP contribution < -0.4 is 5.73 Å². The van der Waals surface area contributed by atoms with Crippen LogP contribution in [0.4, 0.5) is 5.82 Å². The Morgan fingerprint density at radius 2 is 2.00 bits per heavy atom. The first kappa shape index (κ1) is 15.0. The highest BCUT2D eigenvalue weighted by atomic mass is 127. The highest BCUT2D eigenvalue weighted by molar-refractivity contribution is 14.1. The Bertz CT molecular complexity index is 393. The highest BCUT2D eigenvalue weighted by Crippen LogP contribution is 2.27. The third-order valence-corrected chi connectivity index (χ3v) is 4.35. The van der Waals surface area contributed by atoms with Crippen LogP contribution in [-0.2, 0) is 17.1 Å². The van der Waals surface area contributed by atoms with Crippen LogP contribution >= 0.6 is 34.4 Å². The number of ether oxygens (including phenoxy) is 1. The number of hydrogen-bond donors (Lipinski definition) is 1. The second-order valence-electron chi connectivity index (χ2n) is 4.62. The van der Waals surface area contributed by atoms with Gasteiger partial charge in [-0.05, 0) is 22.6 Å². The van der Waals surface area contributed by atoms with Gasteiger partial charge in [0.2, 0.25) is 0 Å². The highest BCUT2D eigenvalue weighted by Gasteiger charge is 2.14. The summed E-state index contributed by atoms with van der Waals surface area (Å²) in [6.07, 6.45) is 0. The van der Waals surface area contributed by atoms with Crippen molar-refractivity contribution in [2.24, 2.45) is 0 Å². The molecule has 0 fully saturated rings. The molecule has 0 aliphatic heterocycles. The molecule has 0 atom stereocenters. The molecule has 1 rings (SSSR count). The lowest BCUT2D eigenvalue weighted by Gasteiger charge is -2.17. The predicted octanol–water partition coefficient (Wildman–Crippen LogP) is 2.84. The molecule has 0 amide bonds. The molecule has 0 unspecified atom stereocenters. The molecule has 0 aliphatic carbocycles. The number of hydrogen-bond acceptors (Lipinski definition) is 5. The van der Waals surface area contributed by atoms with E-state index in [0.717, 1.165) is 20.8 Å². The standard InChI is InChI=1S/C11H18IN3OS/c1-11(2,3)17-6-8-14-7(5-16-4)9(12)10(13)15-8/h5-6H2,1-4H3,(H2,13,14,15). The number of nitrogen functional groups attached to an aromatic ring is 1. The van der Waals surface area contributed by atoms with Crippen LogP contribution in [0.3, 0.4) is 0 Å². The largest absolute Gasteiger partial charge is 0.383 e. The van der Waals surface area contributed by atoms with Crippen LogP contribution in [0.5, 0.6) is 0 Å². The summed E-state index contributed by atoms with van der Waals surface area (Å²) in [6.45, 7) is 6.98. The van der Waals surface area contributed by atoms with Crippen LogP contribution in [0.15, 0.2) is 0 Å². The summed E-state index contributed by atoms with van der Waals surface area (Å²) >= 11 is 3.96. The topological polar surface area (TPSA) is 61.0 Å². The van der Waals surface area contributed by atoms with Crippen molar-refractivity contribution in [3.63, 3.8) is 0 Å². The molecule has 1 aromatic heterocycles. The first-order valence-corrected chi connectivity index (χ1v) is 7.33. The molecule has 0 bridgehead atoms. The summed E-state index contributed by atoms with van der Waals surface area (Å²) in [5, 5.41) is 0. The SMILES string of the molecule is COCc1nc(CSC(C)(C)C)nc(N)c1I. The van der Waals surface area contributed by atoms with E-state index in [1.807, 2.05) is 0 Å². The molecule has 6 heteroatoms. The molecule has 0 saturated heterocycles. The van der Waals surface area contributed by atoms with Crippen molar-refractivity contribution >= 4 is 40.2 Å². The van der Waals surface area contributed by atoms with Crippen LogP contribution in [0.2, 0.25) is 0 Å². The van der Waals surface area contributed by atoms with Gasteiger partial charge < -0.3 is 10.5 Å². The molecule has 0 aromatic carbocycles. The minimum absolute atomic E-state index is 0.197. The first-order chi connectivity index (χ1) is 7.83. The maximum atomic E-state index is 5.87. The van der Waals surface area contributed by atoms with Crippen LogP contribution in [0.25, 0.3) is 0 Å². The summed E-state index contributed by atoms with van der Waals surface area (Å²) in [7, 11) is 1.65. The molecule has 17 heavy (non-hydrogen) atoms. The van der Waals surface area contributed by atoms with Crippen molar-refractivity contribution in [1.29, 1.82) is 0 Å². The zero-order valence-corrected chi connectivity index (χ0v) is 13.6. The van der Waals surface area contributed by atoms with E-state index in [-0.39, 0.29) is 4.75 Å². The fourth-order valence-electron chi connectivity index (χ4n) is 1.14. The van der Waals surface area contributed by atoms with Gasteiger partial charge in [0, 0.05) is 11.9 Å². The van der Waals surface area contributed by atoms with Crippen molar-refractivity contribution in [3.8, 4) is 0 Å². The number of halogens is 1. The van der Waals surface area contributed by atoms with Gasteiger partial charge >= 0.3 is 0 Å². The van der Waals surface area contributed by atoms with Crippen molar-refractivity contribution in [1.82, 2.24) is 9.97 Å². The zero-order valence-electron chi connectivity index (χ0n) is 10.6. The van der Waals surface area contributed by atoms with Crippen LogP contribution in [0.1, 0.15) is 32.3 Å². The third kappa shape index (κ3) is 4.97. The monoisotopic (exact) mass is 367 g/mol. The van der Waals surface area contributed by atoms with E-state index in [0.29, 0.717) is 12.4 Å². The predicted molar refractivity (Wildman–Crippen MR) is 80.9 cm³/mol. The van der Waals surface area contributed by atoms with Gasteiger partial charge in [0.1, 0.15) is 11.6 Å². The number of methoxy groups -OCH3 is 1. The quantitative estimate of drug-likeness (QED) is 0.830. The number of anilines is 1. The number of thioether (sulfide) groups is 1. The Morgan fingerprint density at radius 1 is 1.35 bits per heavy atom. The smallest absolute Gasteiger partial charge is 0.141 e. The molecule has 0 spiro atoms. The molecule has 96 valence electrons. The first-order valence-electron chi connectivity index (χ1n) is 5.27. The second kappa shape index (κ2) is 6.19. The third-order valence-electron chi connectivity index (χ3n) is 1.91. The Labute approximate surface area is 120 Å². The normalized spacial score (nSPS) is 11.8. The molecule has 4 nitrogen and oxygen atoms in total. The lowest BCUT2D eigenvalue weighted by atomic mass is 10.3. The van der Waals surface area contributed by atoms with Gasteiger partial charge in [0.25, 0.3) is 0 Å². The zero-order chi connectivity index (χ0) is 13.1. The van der Waals surface area contributed by atoms with E-state index in [4.69, 9.17) is 10.5 Å². The number of rotatable bonds is 4. The van der Waals surface area contributed by atoms with Crippen molar-refractivity contribution < 1.29 is 4.74 Å². The number of nitrogens with two attached hydrogens (primary N) is 1. The number of nitrogens with zero attached hydrogens (tertiary/aromatic N) is 2. The van der Waals surface area contributed by atoms with E-state index in [1.165, 1.54) is 0 Å². The van der Waals surface area contributed by atoms with Gasteiger partial charge in [-0.15, -0.1) is 11.8 Å². The van der Waals surface area contributed by atoms with Crippen molar-refractivity contribution in [3.05, 3.63) is 15.1 Å².